The lowest BCUT2D eigenvalue weighted by Gasteiger charge is -2.09. The number of nitrogens with two attached hydrogens (primary N) is 1. The van der Waals surface area contributed by atoms with Crippen LogP contribution in [0.25, 0.3) is 0 Å². The van der Waals surface area contributed by atoms with Gasteiger partial charge >= 0.3 is 0 Å². The van der Waals surface area contributed by atoms with Crippen molar-refractivity contribution in [2.45, 2.75) is 13.5 Å². The first kappa shape index (κ1) is 12.2. The van der Waals surface area contributed by atoms with Crippen molar-refractivity contribution in [1.82, 2.24) is 9.55 Å². The Morgan fingerprint density at radius 1 is 1.80 bits per heavy atom. The number of hydrogen-bond donors (Lipinski definition) is 1. The first-order valence-corrected chi connectivity index (χ1v) is 5.30. The zero-order chi connectivity index (χ0) is 11.6. The number of carbonyl (C=O) groups excluding carboxylic acids is 1. The van der Waals surface area contributed by atoms with Crippen LogP contribution in [0.2, 0.25) is 5.15 Å². The van der Waals surface area contributed by atoms with Gasteiger partial charge in [0, 0.05) is 6.54 Å². The highest BCUT2D eigenvalue weighted by Gasteiger charge is 2.13. The summed E-state index contributed by atoms with van der Waals surface area (Å²) in [5, 5.41) is 0.1000. The molecular formula is C8H9BrClN3O2. The second-order valence-electron chi connectivity index (χ2n) is 3.11. The lowest BCUT2D eigenvalue weighted by Crippen LogP contribution is -2.30. The third kappa shape index (κ3) is 2.79. The number of hydrogen-bond acceptors (Lipinski definition) is 3. The fourth-order valence-electron chi connectivity index (χ4n) is 0.959. The molecule has 0 radical (unpaired) electrons. The van der Waals surface area contributed by atoms with Crippen molar-refractivity contribution in [3.05, 3.63) is 26.3 Å². The van der Waals surface area contributed by atoms with Crippen molar-refractivity contribution in [3.63, 3.8) is 0 Å². The second-order valence-corrected chi connectivity index (χ2v) is 4.26. The number of carbonyl (C=O) groups is 1. The maximum Gasteiger partial charge on any atom is 0.269 e. The number of primary amides is 1. The molecular weight excluding hydrogens is 285 g/mol. The molecule has 2 N–H and O–H groups in total. The summed E-state index contributed by atoms with van der Waals surface area (Å²) < 4.78 is 1.47. The third-order valence-electron chi connectivity index (χ3n) is 1.90. The molecule has 0 saturated heterocycles. The van der Waals surface area contributed by atoms with Gasteiger partial charge in [0.05, 0.1) is 12.2 Å². The monoisotopic (exact) mass is 293 g/mol. The van der Waals surface area contributed by atoms with Crippen LogP contribution >= 0.6 is 27.5 Å². The summed E-state index contributed by atoms with van der Waals surface area (Å²) in [5.41, 5.74) is 4.76. The van der Waals surface area contributed by atoms with Crippen LogP contribution in [0.1, 0.15) is 6.92 Å². The van der Waals surface area contributed by atoms with Gasteiger partial charge in [-0.15, -0.1) is 0 Å². The van der Waals surface area contributed by atoms with Gasteiger partial charge in [-0.05, 0) is 15.9 Å². The molecule has 1 atom stereocenters. The second kappa shape index (κ2) is 4.76. The predicted octanol–water partition coefficient (Wildman–Crippen LogP) is 0.781. The highest BCUT2D eigenvalue weighted by atomic mass is 79.9. The van der Waals surface area contributed by atoms with Crippen LogP contribution < -0.4 is 11.3 Å². The van der Waals surface area contributed by atoms with Crippen molar-refractivity contribution >= 4 is 33.4 Å². The minimum atomic E-state index is -0.465. The van der Waals surface area contributed by atoms with E-state index < -0.39 is 11.8 Å². The smallest absolute Gasteiger partial charge is 0.269 e. The van der Waals surface area contributed by atoms with Crippen molar-refractivity contribution < 1.29 is 4.79 Å². The molecule has 1 aromatic heterocycles. The van der Waals surface area contributed by atoms with E-state index in [0.717, 1.165) is 0 Å². The molecule has 1 unspecified atom stereocenters. The van der Waals surface area contributed by atoms with E-state index in [-0.39, 0.29) is 21.7 Å². The van der Waals surface area contributed by atoms with E-state index in [9.17, 15) is 9.59 Å². The van der Waals surface area contributed by atoms with Crippen molar-refractivity contribution in [3.8, 4) is 0 Å². The van der Waals surface area contributed by atoms with Gasteiger partial charge in [-0.2, -0.15) is 0 Å². The number of nitrogens with zero attached hydrogens (tertiary/aromatic N) is 2. The molecule has 0 fully saturated rings. The minimum absolute atomic E-state index is 0.1000. The molecule has 0 aliphatic heterocycles. The Labute approximate surface area is 99.4 Å². The largest absolute Gasteiger partial charge is 0.369 e. The summed E-state index contributed by atoms with van der Waals surface area (Å²) in [4.78, 5) is 26.2. The third-order valence-corrected chi connectivity index (χ3v) is 3.13. The number of aromatic nitrogens is 2. The maximum absolute atomic E-state index is 11.6. The lowest BCUT2D eigenvalue weighted by atomic mass is 10.2. The van der Waals surface area contributed by atoms with Gasteiger partial charge in [0.25, 0.3) is 5.56 Å². The highest BCUT2D eigenvalue weighted by molar-refractivity contribution is 9.10. The first-order valence-electron chi connectivity index (χ1n) is 4.13. The van der Waals surface area contributed by atoms with Crippen molar-refractivity contribution in [1.29, 1.82) is 0 Å². The topological polar surface area (TPSA) is 78.0 Å². The fourth-order valence-corrected chi connectivity index (χ4v) is 1.41. The Morgan fingerprint density at radius 2 is 2.40 bits per heavy atom. The van der Waals surface area contributed by atoms with Crippen molar-refractivity contribution in [2.24, 2.45) is 11.7 Å². The molecule has 82 valence electrons. The van der Waals surface area contributed by atoms with Gasteiger partial charge < -0.3 is 5.73 Å². The standard InChI is InChI=1S/C8H9BrClN3O2/c1-4(7(11)14)2-13-3-12-6(10)5(9)8(13)15/h3-4H,2H2,1H3,(H2,11,14). The van der Waals surface area contributed by atoms with E-state index >= 15 is 0 Å². The van der Waals surface area contributed by atoms with E-state index in [1.54, 1.807) is 6.92 Å². The van der Waals surface area contributed by atoms with Crippen LogP contribution in [-0.4, -0.2) is 15.5 Å². The summed E-state index contributed by atoms with van der Waals surface area (Å²) in [6.07, 6.45) is 1.29. The Morgan fingerprint density at radius 3 is 2.93 bits per heavy atom. The van der Waals surface area contributed by atoms with E-state index in [4.69, 9.17) is 17.3 Å². The molecule has 0 spiro atoms. The Balaban J connectivity index is 3.02. The van der Waals surface area contributed by atoms with E-state index in [0.29, 0.717) is 0 Å². The molecule has 5 nitrogen and oxygen atoms in total. The molecule has 7 heteroatoms. The van der Waals surface area contributed by atoms with Gasteiger partial charge in [0.1, 0.15) is 4.47 Å². The van der Waals surface area contributed by atoms with Crippen LogP contribution in [0.5, 0.6) is 0 Å². The predicted molar refractivity (Wildman–Crippen MR) is 59.6 cm³/mol. The molecule has 0 aliphatic rings. The van der Waals surface area contributed by atoms with E-state index in [1.165, 1.54) is 10.9 Å². The summed E-state index contributed by atoms with van der Waals surface area (Å²) >= 11 is 8.64. The Kier molecular flexibility index (Phi) is 3.87. The van der Waals surface area contributed by atoms with Gasteiger partial charge in [-0.3, -0.25) is 14.2 Å². The van der Waals surface area contributed by atoms with Crippen LogP contribution in [0.15, 0.2) is 15.6 Å². The molecule has 1 heterocycles. The van der Waals surface area contributed by atoms with E-state index in [1.807, 2.05) is 0 Å². The zero-order valence-electron chi connectivity index (χ0n) is 7.91. The van der Waals surface area contributed by atoms with Gasteiger partial charge in [0.15, 0.2) is 5.15 Å². The molecule has 15 heavy (non-hydrogen) atoms. The average Bonchev–Trinajstić information content (AvgIpc) is 2.18. The molecule has 0 aliphatic carbocycles. The maximum atomic E-state index is 11.6. The van der Waals surface area contributed by atoms with Gasteiger partial charge in [-0.1, -0.05) is 18.5 Å². The summed E-state index contributed by atoms with van der Waals surface area (Å²) in [7, 11) is 0. The summed E-state index contributed by atoms with van der Waals surface area (Å²) in [6, 6.07) is 0. The zero-order valence-corrected chi connectivity index (χ0v) is 10.2. The normalized spacial score (nSPS) is 12.5. The first-order chi connectivity index (χ1) is 6.93. The Bertz CT molecular complexity index is 446. The lowest BCUT2D eigenvalue weighted by molar-refractivity contribution is -0.121. The number of halogens is 2. The molecule has 1 rings (SSSR count). The van der Waals surface area contributed by atoms with Crippen LogP contribution in [0.4, 0.5) is 0 Å². The molecule has 0 aromatic carbocycles. The van der Waals surface area contributed by atoms with Crippen LogP contribution in [-0.2, 0) is 11.3 Å². The van der Waals surface area contributed by atoms with Crippen LogP contribution in [0, 0.1) is 5.92 Å². The van der Waals surface area contributed by atoms with Crippen molar-refractivity contribution in [2.75, 3.05) is 0 Å². The fraction of sp³-hybridized carbons (Fsp3) is 0.375. The minimum Gasteiger partial charge on any atom is -0.369 e. The van der Waals surface area contributed by atoms with Gasteiger partial charge in [0.2, 0.25) is 5.91 Å². The van der Waals surface area contributed by atoms with E-state index in [2.05, 4.69) is 20.9 Å². The SMILES string of the molecule is CC(Cn1cnc(Cl)c(Br)c1=O)C(N)=O. The number of rotatable bonds is 3. The summed E-state index contributed by atoms with van der Waals surface area (Å²) in [5.74, 6) is -0.898. The average molecular weight is 295 g/mol. The summed E-state index contributed by atoms with van der Waals surface area (Å²) in [6.45, 7) is 1.83. The Hall–Kier alpha value is -0.880. The molecule has 1 amide bonds. The number of amides is 1. The quantitative estimate of drug-likeness (QED) is 0.837. The van der Waals surface area contributed by atoms with Crippen LogP contribution in [0.3, 0.4) is 0 Å². The molecule has 0 saturated carbocycles. The molecule has 0 bridgehead atoms. The van der Waals surface area contributed by atoms with Gasteiger partial charge in [-0.25, -0.2) is 4.98 Å². The molecule has 1 aromatic rings. The highest BCUT2D eigenvalue weighted by Crippen LogP contribution is 2.13.